The molecule has 0 aliphatic heterocycles. The van der Waals surface area contributed by atoms with Gasteiger partial charge in [-0.2, -0.15) is 0 Å². The molecule has 1 heterocycles. The molecule has 0 bridgehead atoms. The van der Waals surface area contributed by atoms with E-state index < -0.39 is 5.60 Å². The van der Waals surface area contributed by atoms with Gasteiger partial charge in [0.1, 0.15) is 0 Å². The van der Waals surface area contributed by atoms with Gasteiger partial charge in [0.2, 0.25) is 0 Å². The van der Waals surface area contributed by atoms with Crippen molar-refractivity contribution in [1.29, 1.82) is 0 Å². The number of fused-ring (bicyclic) bond motifs is 1. The Hall–Kier alpha value is -1.19. The van der Waals surface area contributed by atoms with E-state index in [0.717, 1.165) is 23.0 Å². The minimum Gasteiger partial charge on any atom is -0.389 e. The molecule has 1 aliphatic carbocycles. The fourth-order valence-electron chi connectivity index (χ4n) is 2.80. The number of halogens is 1. The molecule has 0 amide bonds. The van der Waals surface area contributed by atoms with E-state index in [1.165, 1.54) is 11.1 Å². The molecule has 0 spiro atoms. The lowest BCUT2D eigenvalue weighted by Gasteiger charge is -2.33. The molecule has 3 heteroatoms. The highest BCUT2D eigenvalue weighted by molar-refractivity contribution is 9.10. The molecule has 98 valence electrons. The predicted molar refractivity (Wildman–Crippen MR) is 79.1 cm³/mol. The topological polar surface area (TPSA) is 33.1 Å². The van der Waals surface area contributed by atoms with Gasteiger partial charge in [-0.3, -0.25) is 4.98 Å². The monoisotopic (exact) mass is 317 g/mol. The number of pyridine rings is 1. The Morgan fingerprint density at radius 3 is 2.89 bits per heavy atom. The van der Waals surface area contributed by atoms with Crippen molar-refractivity contribution in [3.05, 3.63) is 63.9 Å². The maximum absolute atomic E-state index is 10.8. The lowest BCUT2D eigenvalue weighted by molar-refractivity contribution is 0.0258. The summed E-state index contributed by atoms with van der Waals surface area (Å²) in [5.41, 5.74) is 2.91. The summed E-state index contributed by atoms with van der Waals surface area (Å²) in [6, 6.07) is 12.2. The first kappa shape index (κ1) is 12.8. The zero-order valence-electron chi connectivity index (χ0n) is 10.6. The summed E-state index contributed by atoms with van der Waals surface area (Å²) in [7, 11) is 0. The van der Waals surface area contributed by atoms with E-state index in [9.17, 15) is 5.11 Å². The number of nitrogens with zero attached hydrogens (tertiary/aromatic N) is 1. The van der Waals surface area contributed by atoms with Crippen molar-refractivity contribution in [2.75, 3.05) is 0 Å². The van der Waals surface area contributed by atoms with Gasteiger partial charge in [0.05, 0.1) is 5.60 Å². The smallest absolute Gasteiger partial charge is 0.0746 e. The number of hydrogen-bond donors (Lipinski definition) is 1. The molecule has 1 aromatic heterocycles. The molecule has 3 rings (SSSR count). The van der Waals surface area contributed by atoms with E-state index in [2.05, 4.69) is 33.0 Å². The second-order valence-corrected chi connectivity index (χ2v) is 6.23. The first-order valence-electron chi connectivity index (χ1n) is 6.54. The van der Waals surface area contributed by atoms with Gasteiger partial charge in [0.25, 0.3) is 0 Å². The maximum Gasteiger partial charge on any atom is 0.0746 e. The predicted octanol–water partition coefficient (Wildman–Crippen LogP) is 3.31. The van der Waals surface area contributed by atoms with Gasteiger partial charge in [0, 0.05) is 29.2 Å². The van der Waals surface area contributed by atoms with Crippen LogP contribution in [0.15, 0.2) is 47.1 Å². The van der Waals surface area contributed by atoms with Gasteiger partial charge in [-0.25, -0.2) is 0 Å². The fourth-order valence-corrected chi connectivity index (χ4v) is 3.21. The Bertz CT molecular complexity index is 585. The minimum atomic E-state index is -0.658. The van der Waals surface area contributed by atoms with Crippen LogP contribution in [0.5, 0.6) is 0 Å². The van der Waals surface area contributed by atoms with Crippen LogP contribution in [0, 0.1) is 0 Å². The van der Waals surface area contributed by atoms with Crippen LogP contribution >= 0.6 is 15.9 Å². The number of benzene rings is 1. The SMILES string of the molecule is OC1(Cc2ccccn2)CCc2cc(Br)ccc2C1. The molecule has 0 saturated carbocycles. The van der Waals surface area contributed by atoms with Crippen LogP contribution in [0.2, 0.25) is 0 Å². The number of aryl methyl sites for hydroxylation is 1. The standard InChI is InChI=1S/C16H16BrNO/c17-14-5-4-13-10-16(19,7-6-12(13)9-14)11-15-3-1-2-8-18-15/h1-5,8-9,19H,6-7,10-11H2. The second-order valence-electron chi connectivity index (χ2n) is 5.31. The second kappa shape index (κ2) is 5.06. The van der Waals surface area contributed by atoms with Crippen LogP contribution in [0.4, 0.5) is 0 Å². The molecular formula is C16H16BrNO. The Morgan fingerprint density at radius 2 is 2.11 bits per heavy atom. The van der Waals surface area contributed by atoms with E-state index in [0.29, 0.717) is 12.8 Å². The molecule has 0 radical (unpaired) electrons. The van der Waals surface area contributed by atoms with Gasteiger partial charge in [-0.15, -0.1) is 0 Å². The molecule has 1 aromatic carbocycles. The van der Waals surface area contributed by atoms with E-state index in [1.54, 1.807) is 6.20 Å². The molecular weight excluding hydrogens is 302 g/mol. The van der Waals surface area contributed by atoms with Crippen LogP contribution in [0.25, 0.3) is 0 Å². The third kappa shape index (κ3) is 2.88. The number of aromatic nitrogens is 1. The van der Waals surface area contributed by atoms with E-state index >= 15 is 0 Å². The zero-order valence-corrected chi connectivity index (χ0v) is 12.2. The van der Waals surface area contributed by atoms with Gasteiger partial charge in [-0.05, 0) is 48.2 Å². The molecule has 1 atom stereocenters. The first-order valence-corrected chi connectivity index (χ1v) is 7.34. The summed E-state index contributed by atoms with van der Waals surface area (Å²) in [5, 5.41) is 10.8. The van der Waals surface area contributed by atoms with Crippen molar-refractivity contribution in [1.82, 2.24) is 4.98 Å². The van der Waals surface area contributed by atoms with Crippen LogP contribution in [-0.2, 0) is 19.3 Å². The number of hydrogen-bond acceptors (Lipinski definition) is 2. The average molecular weight is 318 g/mol. The summed E-state index contributed by atoms with van der Waals surface area (Å²) in [4.78, 5) is 4.32. The van der Waals surface area contributed by atoms with Crippen molar-refractivity contribution in [3.8, 4) is 0 Å². The Labute approximate surface area is 121 Å². The lowest BCUT2D eigenvalue weighted by Crippen LogP contribution is -2.38. The van der Waals surface area contributed by atoms with Gasteiger partial charge < -0.3 is 5.11 Å². The first-order chi connectivity index (χ1) is 9.15. The summed E-state index contributed by atoms with van der Waals surface area (Å²) in [6.07, 6.45) is 4.85. The Balaban J connectivity index is 1.82. The number of rotatable bonds is 2. The highest BCUT2D eigenvalue weighted by Crippen LogP contribution is 2.32. The maximum atomic E-state index is 10.8. The highest BCUT2D eigenvalue weighted by Gasteiger charge is 2.32. The van der Waals surface area contributed by atoms with Crippen LogP contribution in [0.3, 0.4) is 0 Å². The Morgan fingerprint density at radius 1 is 1.21 bits per heavy atom. The van der Waals surface area contributed by atoms with E-state index in [4.69, 9.17) is 0 Å². The van der Waals surface area contributed by atoms with Crippen molar-refractivity contribution in [2.45, 2.75) is 31.3 Å². The molecule has 1 unspecified atom stereocenters. The van der Waals surface area contributed by atoms with Crippen LogP contribution < -0.4 is 0 Å². The molecule has 2 nitrogen and oxygen atoms in total. The van der Waals surface area contributed by atoms with Crippen molar-refractivity contribution >= 4 is 15.9 Å². The van der Waals surface area contributed by atoms with E-state index in [-0.39, 0.29) is 0 Å². The molecule has 1 aliphatic rings. The van der Waals surface area contributed by atoms with Crippen LogP contribution in [-0.4, -0.2) is 15.7 Å². The van der Waals surface area contributed by atoms with Crippen LogP contribution in [0.1, 0.15) is 23.2 Å². The highest BCUT2D eigenvalue weighted by atomic mass is 79.9. The Kier molecular flexibility index (Phi) is 3.42. The van der Waals surface area contributed by atoms with Crippen molar-refractivity contribution in [3.63, 3.8) is 0 Å². The molecule has 2 aromatic rings. The molecule has 19 heavy (non-hydrogen) atoms. The third-order valence-electron chi connectivity index (χ3n) is 3.78. The minimum absolute atomic E-state index is 0.628. The normalized spacial score (nSPS) is 22.0. The summed E-state index contributed by atoms with van der Waals surface area (Å²) in [5.74, 6) is 0. The molecule has 1 N–H and O–H groups in total. The zero-order chi connectivity index (χ0) is 13.3. The van der Waals surface area contributed by atoms with Crippen molar-refractivity contribution in [2.24, 2.45) is 0 Å². The third-order valence-corrected chi connectivity index (χ3v) is 4.28. The van der Waals surface area contributed by atoms with E-state index in [1.807, 2.05) is 24.3 Å². The lowest BCUT2D eigenvalue weighted by atomic mass is 9.78. The summed E-state index contributed by atoms with van der Waals surface area (Å²) in [6.45, 7) is 0. The van der Waals surface area contributed by atoms with Crippen molar-refractivity contribution < 1.29 is 5.11 Å². The largest absolute Gasteiger partial charge is 0.389 e. The summed E-state index contributed by atoms with van der Waals surface area (Å²) >= 11 is 3.50. The fraction of sp³-hybridized carbons (Fsp3) is 0.312. The van der Waals surface area contributed by atoms with Gasteiger partial charge in [-0.1, -0.05) is 28.1 Å². The van der Waals surface area contributed by atoms with Gasteiger partial charge in [0.15, 0.2) is 0 Å². The quantitative estimate of drug-likeness (QED) is 0.921. The van der Waals surface area contributed by atoms with Gasteiger partial charge >= 0.3 is 0 Å². The molecule has 0 fully saturated rings. The molecule has 0 saturated heterocycles. The number of aliphatic hydroxyl groups is 1. The average Bonchev–Trinajstić information content (AvgIpc) is 2.40. The summed E-state index contributed by atoms with van der Waals surface area (Å²) < 4.78 is 1.11.